The van der Waals surface area contributed by atoms with E-state index in [9.17, 15) is 0 Å². The molecule has 0 spiro atoms. The highest BCUT2D eigenvalue weighted by Gasteiger charge is 2.04. The van der Waals surface area contributed by atoms with Crippen molar-refractivity contribution in [1.82, 2.24) is 29.9 Å². The van der Waals surface area contributed by atoms with Crippen molar-refractivity contribution in [3.63, 3.8) is 0 Å². The van der Waals surface area contributed by atoms with Crippen molar-refractivity contribution in [3.05, 3.63) is 48.3 Å². The van der Waals surface area contributed by atoms with Crippen molar-refractivity contribution in [3.8, 4) is 0 Å². The van der Waals surface area contributed by atoms with Gasteiger partial charge < -0.3 is 10.2 Å². The van der Waals surface area contributed by atoms with Crippen molar-refractivity contribution in [2.24, 2.45) is 0 Å². The van der Waals surface area contributed by atoms with Crippen LogP contribution >= 0.6 is 0 Å². The van der Waals surface area contributed by atoms with E-state index in [2.05, 4.69) is 62.0 Å². The second kappa shape index (κ2) is 6.95. The third-order valence-corrected chi connectivity index (χ3v) is 3.43. The first-order valence-electron chi connectivity index (χ1n) is 7.31. The SMILES string of the molecule is CN(CCCNc1cncc2nnnn12)Cc1ccccc1. The third-order valence-electron chi connectivity index (χ3n) is 3.43. The maximum Gasteiger partial charge on any atom is 0.199 e. The molecule has 3 rings (SSSR count). The summed E-state index contributed by atoms with van der Waals surface area (Å²) in [6.45, 7) is 2.83. The number of nitrogens with zero attached hydrogens (tertiary/aromatic N) is 6. The second-order valence-corrected chi connectivity index (χ2v) is 5.25. The number of aromatic nitrogens is 5. The van der Waals surface area contributed by atoms with E-state index in [0.29, 0.717) is 5.65 Å². The Bertz CT molecular complexity index is 710. The Labute approximate surface area is 129 Å². The summed E-state index contributed by atoms with van der Waals surface area (Å²) in [7, 11) is 2.14. The zero-order valence-electron chi connectivity index (χ0n) is 12.6. The van der Waals surface area contributed by atoms with Crippen LogP contribution in [0.5, 0.6) is 0 Å². The lowest BCUT2D eigenvalue weighted by molar-refractivity contribution is 0.325. The molecule has 0 atom stereocenters. The molecule has 0 bridgehead atoms. The summed E-state index contributed by atoms with van der Waals surface area (Å²) in [5.74, 6) is 0.813. The average molecular weight is 297 g/mol. The largest absolute Gasteiger partial charge is 0.369 e. The maximum absolute atomic E-state index is 4.12. The molecular weight excluding hydrogens is 278 g/mol. The molecule has 7 heteroatoms. The van der Waals surface area contributed by atoms with Gasteiger partial charge in [-0.3, -0.25) is 4.98 Å². The molecule has 3 aromatic rings. The summed E-state index contributed by atoms with van der Waals surface area (Å²) in [6.07, 6.45) is 4.40. The first kappa shape index (κ1) is 14.4. The Balaban J connectivity index is 1.44. The van der Waals surface area contributed by atoms with Gasteiger partial charge >= 0.3 is 0 Å². The van der Waals surface area contributed by atoms with Crippen LogP contribution in [0.15, 0.2) is 42.7 Å². The normalized spacial score (nSPS) is 11.2. The van der Waals surface area contributed by atoms with E-state index in [1.165, 1.54) is 5.56 Å². The lowest BCUT2D eigenvalue weighted by atomic mass is 10.2. The zero-order valence-corrected chi connectivity index (χ0v) is 12.6. The molecule has 0 aliphatic heterocycles. The minimum absolute atomic E-state index is 0.645. The number of benzene rings is 1. The fraction of sp³-hybridized carbons (Fsp3) is 0.333. The van der Waals surface area contributed by atoms with Crippen molar-refractivity contribution in [1.29, 1.82) is 0 Å². The third kappa shape index (κ3) is 3.56. The van der Waals surface area contributed by atoms with Crippen LogP contribution in [-0.4, -0.2) is 50.1 Å². The lowest BCUT2D eigenvalue weighted by Gasteiger charge is -2.17. The summed E-state index contributed by atoms with van der Waals surface area (Å²) in [6, 6.07) is 10.5. The molecule has 0 fully saturated rings. The van der Waals surface area contributed by atoms with Gasteiger partial charge in [-0.1, -0.05) is 30.3 Å². The highest BCUT2D eigenvalue weighted by atomic mass is 15.5. The van der Waals surface area contributed by atoms with Gasteiger partial charge in [-0.15, -0.1) is 5.10 Å². The Morgan fingerprint density at radius 1 is 1.18 bits per heavy atom. The smallest absolute Gasteiger partial charge is 0.199 e. The van der Waals surface area contributed by atoms with Gasteiger partial charge in [-0.25, -0.2) is 0 Å². The predicted octanol–water partition coefficient (Wildman–Crippen LogP) is 1.45. The van der Waals surface area contributed by atoms with Crippen LogP contribution in [0, 0.1) is 0 Å². The van der Waals surface area contributed by atoms with E-state index in [0.717, 1.165) is 31.9 Å². The van der Waals surface area contributed by atoms with Gasteiger partial charge in [0.05, 0.1) is 12.4 Å². The Kier molecular flexibility index (Phi) is 4.55. The Hall–Kier alpha value is -2.54. The Morgan fingerprint density at radius 2 is 2.05 bits per heavy atom. The Morgan fingerprint density at radius 3 is 2.91 bits per heavy atom. The molecular formula is C15H19N7. The van der Waals surface area contributed by atoms with E-state index in [4.69, 9.17) is 0 Å². The maximum atomic E-state index is 4.12. The van der Waals surface area contributed by atoms with Crippen LogP contribution in [0.1, 0.15) is 12.0 Å². The number of anilines is 1. The molecule has 22 heavy (non-hydrogen) atoms. The van der Waals surface area contributed by atoms with E-state index < -0.39 is 0 Å². The van der Waals surface area contributed by atoms with Gasteiger partial charge in [0.15, 0.2) is 5.65 Å². The molecule has 0 saturated carbocycles. The van der Waals surface area contributed by atoms with Crippen LogP contribution < -0.4 is 5.32 Å². The molecule has 0 saturated heterocycles. The van der Waals surface area contributed by atoms with Crippen molar-refractivity contribution >= 4 is 11.5 Å². The standard InChI is InChI=1S/C15H19N7/c1-21(12-13-6-3-2-4-7-13)9-5-8-17-14-10-16-11-15-18-19-20-22(14)15/h2-4,6-7,10-11,17H,5,8-9,12H2,1H3. The van der Waals surface area contributed by atoms with Gasteiger partial charge in [0.1, 0.15) is 5.82 Å². The minimum Gasteiger partial charge on any atom is -0.369 e. The van der Waals surface area contributed by atoms with E-state index in [-0.39, 0.29) is 0 Å². The molecule has 7 nitrogen and oxygen atoms in total. The quantitative estimate of drug-likeness (QED) is 0.666. The molecule has 0 radical (unpaired) electrons. The first-order valence-corrected chi connectivity index (χ1v) is 7.31. The second-order valence-electron chi connectivity index (χ2n) is 5.25. The molecule has 114 valence electrons. The highest BCUT2D eigenvalue weighted by Crippen LogP contribution is 2.06. The topological polar surface area (TPSA) is 71.2 Å². The summed E-state index contributed by atoms with van der Waals surface area (Å²) < 4.78 is 1.65. The van der Waals surface area contributed by atoms with Crippen molar-refractivity contribution in [2.75, 3.05) is 25.5 Å². The fourth-order valence-electron chi connectivity index (χ4n) is 2.34. The van der Waals surface area contributed by atoms with Crippen LogP contribution in [0.4, 0.5) is 5.82 Å². The van der Waals surface area contributed by atoms with Crippen LogP contribution in [0.2, 0.25) is 0 Å². The molecule has 2 heterocycles. The first-order chi connectivity index (χ1) is 10.8. The number of tetrazole rings is 1. The zero-order chi connectivity index (χ0) is 15.2. The van der Waals surface area contributed by atoms with Gasteiger partial charge in [0, 0.05) is 13.1 Å². The van der Waals surface area contributed by atoms with E-state index >= 15 is 0 Å². The molecule has 0 amide bonds. The number of nitrogens with one attached hydrogen (secondary N) is 1. The molecule has 1 aromatic carbocycles. The summed E-state index contributed by atoms with van der Waals surface area (Å²) in [4.78, 5) is 6.43. The van der Waals surface area contributed by atoms with Gasteiger partial charge in [-0.05, 0) is 36.0 Å². The number of fused-ring (bicyclic) bond motifs is 1. The molecule has 0 aliphatic carbocycles. The minimum atomic E-state index is 0.645. The van der Waals surface area contributed by atoms with Gasteiger partial charge in [-0.2, -0.15) is 4.52 Å². The number of hydrogen-bond donors (Lipinski definition) is 1. The monoisotopic (exact) mass is 297 g/mol. The summed E-state index contributed by atoms with van der Waals surface area (Å²) >= 11 is 0. The lowest BCUT2D eigenvalue weighted by Crippen LogP contribution is -2.21. The van der Waals surface area contributed by atoms with Crippen LogP contribution in [0.3, 0.4) is 0 Å². The summed E-state index contributed by atoms with van der Waals surface area (Å²) in [5, 5.41) is 14.8. The highest BCUT2D eigenvalue weighted by molar-refractivity contribution is 5.43. The molecule has 1 N–H and O–H groups in total. The van der Waals surface area contributed by atoms with E-state index in [1.54, 1.807) is 16.9 Å². The fourth-order valence-corrected chi connectivity index (χ4v) is 2.34. The van der Waals surface area contributed by atoms with Crippen LogP contribution in [0.25, 0.3) is 5.65 Å². The van der Waals surface area contributed by atoms with Crippen molar-refractivity contribution < 1.29 is 0 Å². The molecule has 2 aromatic heterocycles. The van der Waals surface area contributed by atoms with Gasteiger partial charge in [0.2, 0.25) is 0 Å². The van der Waals surface area contributed by atoms with E-state index in [1.807, 2.05) is 6.07 Å². The number of rotatable bonds is 7. The molecule has 0 aliphatic rings. The average Bonchev–Trinajstić information content (AvgIpc) is 3.02. The van der Waals surface area contributed by atoms with Crippen molar-refractivity contribution in [2.45, 2.75) is 13.0 Å². The van der Waals surface area contributed by atoms with Gasteiger partial charge in [0.25, 0.3) is 0 Å². The van der Waals surface area contributed by atoms with Crippen LogP contribution in [-0.2, 0) is 6.54 Å². The predicted molar refractivity (Wildman–Crippen MR) is 84.5 cm³/mol. The molecule has 0 unspecified atom stereocenters. The summed E-state index contributed by atoms with van der Waals surface area (Å²) in [5.41, 5.74) is 1.98. The number of hydrogen-bond acceptors (Lipinski definition) is 6.